The van der Waals surface area contributed by atoms with E-state index in [1.165, 1.54) is 6.07 Å². The minimum Gasteiger partial charge on any atom is -0.507 e. The van der Waals surface area contributed by atoms with Crippen molar-refractivity contribution in [2.75, 3.05) is 5.73 Å². The normalized spacial score (nSPS) is 10.8. The van der Waals surface area contributed by atoms with E-state index in [-0.39, 0.29) is 11.6 Å². The number of nitrogens with one attached hydrogen (secondary N) is 1. The largest absolute Gasteiger partial charge is 0.507 e. The Kier molecular flexibility index (Phi) is 4.05. The Morgan fingerprint density at radius 3 is 2.65 bits per heavy atom. The predicted molar refractivity (Wildman–Crippen MR) is 82.7 cm³/mol. The van der Waals surface area contributed by atoms with Crippen LogP contribution in [0.2, 0.25) is 0 Å². The van der Waals surface area contributed by atoms with Crippen LogP contribution in [0.25, 0.3) is 6.08 Å². The molecule has 4 heteroatoms. The van der Waals surface area contributed by atoms with Gasteiger partial charge in [0.25, 0.3) is 0 Å². The Labute approximate surface area is 117 Å². The molecule has 20 heavy (non-hydrogen) atoms. The van der Waals surface area contributed by atoms with E-state index in [0.717, 1.165) is 11.3 Å². The van der Waals surface area contributed by atoms with E-state index in [1.807, 2.05) is 30.3 Å². The summed E-state index contributed by atoms with van der Waals surface area (Å²) in [6, 6.07) is 12.5. The van der Waals surface area contributed by atoms with Crippen molar-refractivity contribution in [3.63, 3.8) is 0 Å². The van der Waals surface area contributed by atoms with E-state index in [0.29, 0.717) is 17.5 Å². The molecule has 0 unspecified atom stereocenters. The Bertz CT molecular complexity index is 663. The SMILES string of the molecule is N=C(N)c1ccc(O)c(C=CCc2ccccc2N)c1. The fraction of sp³-hybridized carbons (Fsp3) is 0.0625. The summed E-state index contributed by atoms with van der Waals surface area (Å²) in [5.41, 5.74) is 14.3. The second kappa shape index (κ2) is 5.93. The van der Waals surface area contributed by atoms with Crippen molar-refractivity contribution < 1.29 is 5.11 Å². The predicted octanol–water partition coefficient (Wildman–Crippen LogP) is 2.51. The minimum atomic E-state index is -0.0213. The second-order valence-corrected chi connectivity index (χ2v) is 4.49. The van der Waals surface area contributed by atoms with E-state index in [4.69, 9.17) is 16.9 Å². The van der Waals surface area contributed by atoms with Crippen LogP contribution in [0.15, 0.2) is 48.5 Å². The molecule has 0 aliphatic heterocycles. The molecule has 0 fully saturated rings. The molecule has 6 N–H and O–H groups in total. The van der Waals surface area contributed by atoms with Gasteiger partial charge in [-0.2, -0.15) is 0 Å². The number of aromatic hydroxyl groups is 1. The first-order chi connectivity index (χ1) is 9.58. The number of allylic oxidation sites excluding steroid dienone is 1. The molecular weight excluding hydrogens is 250 g/mol. The van der Waals surface area contributed by atoms with E-state index in [9.17, 15) is 5.11 Å². The standard InChI is InChI=1S/C16H17N3O/c17-14-7-2-1-4-11(14)5-3-6-12-10-13(16(18)19)8-9-15(12)20/h1-4,6-10,20H,5,17H2,(H3,18,19). The van der Waals surface area contributed by atoms with Crippen molar-refractivity contribution in [2.45, 2.75) is 6.42 Å². The van der Waals surface area contributed by atoms with Crippen LogP contribution >= 0.6 is 0 Å². The zero-order valence-electron chi connectivity index (χ0n) is 11.0. The topological polar surface area (TPSA) is 96.1 Å². The number of nitrogens with two attached hydrogens (primary N) is 2. The third-order valence-corrected chi connectivity index (χ3v) is 3.03. The number of rotatable bonds is 4. The van der Waals surface area contributed by atoms with Crippen molar-refractivity contribution in [1.82, 2.24) is 0 Å². The number of phenolic OH excluding ortho intramolecular Hbond substituents is 1. The van der Waals surface area contributed by atoms with Crippen LogP contribution in [-0.4, -0.2) is 10.9 Å². The van der Waals surface area contributed by atoms with Gasteiger partial charge in [0.1, 0.15) is 11.6 Å². The lowest BCUT2D eigenvalue weighted by molar-refractivity contribution is 0.474. The summed E-state index contributed by atoms with van der Waals surface area (Å²) in [4.78, 5) is 0. The molecule has 0 saturated carbocycles. The molecule has 0 heterocycles. The number of nitrogen functional groups attached to an aromatic ring is 2. The Balaban J connectivity index is 2.17. The van der Waals surface area contributed by atoms with Crippen LogP contribution < -0.4 is 11.5 Å². The fourth-order valence-electron chi connectivity index (χ4n) is 1.89. The van der Waals surface area contributed by atoms with E-state index < -0.39 is 0 Å². The maximum Gasteiger partial charge on any atom is 0.122 e. The number of para-hydroxylation sites is 1. The maximum atomic E-state index is 9.78. The van der Waals surface area contributed by atoms with Crippen LogP contribution in [0.4, 0.5) is 5.69 Å². The summed E-state index contributed by atoms with van der Waals surface area (Å²) in [7, 11) is 0. The summed E-state index contributed by atoms with van der Waals surface area (Å²) < 4.78 is 0. The first-order valence-electron chi connectivity index (χ1n) is 6.25. The smallest absolute Gasteiger partial charge is 0.122 e. The van der Waals surface area contributed by atoms with Crippen molar-refractivity contribution in [2.24, 2.45) is 5.73 Å². The molecule has 4 nitrogen and oxygen atoms in total. The highest BCUT2D eigenvalue weighted by Gasteiger charge is 2.02. The van der Waals surface area contributed by atoms with Gasteiger partial charge in [-0.3, -0.25) is 5.41 Å². The molecule has 0 atom stereocenters. The molecule has 2 aromatic carbocycles. The average Bonchev–Trinajstić information content (AvgIpc) is 2.42. The number of amidine groups is 1. The van der Waals surface area contributed by atoms with Crippen molar-refractivity contribution in [3.05, 3.63) is 65.2 Å². The molecule has 0 aliphatic carbocycles. The second-order valence-electron chi connectivity index (χ2n) is 4.49. The van der Waals surface area contributed by atoms with Gasteiger partial charge in [-0.1, -0.05) is 30.4 Å². The molecule has 2 rings (SSSR count). The number of anilines is 1. The van der Waals surface area contributed by atoms with E-state index in [2.05, 4.69) is 0 Å². The molecule has 0 aliphatic rings. The molecule has 0 radical (unpaired) electrons. The fourth-order valence-corrected chi connectivity index (χ4v) is 1.89. The van der Waals surface area contributed by atoms with E-state index >= 15 is 0 Å². The number of hydrogen-bond donors (Lipinski definition) is 4. The molecule has 102 valence electrons. The number of phenols is 1. The molecular formula is C16H17N3O. The van der Waals surface area contributed by atoms with Crippen molar-refractivity contribution in [3.8, 4) is 5.75 Å². The third kappa shape index (κ3) is 3.17. The molecule has 0 amide bonds. The van der Waals surface area contributed by atoms with E-state index in [1.54, 1.807) is 18.2 Å². The lowest BCUT2D eigenvalue weighted by atomic mass is 10.1. The quantitative estimate of drug-likeness (QED) is 0.389. The average molecular weight is 267 g/mol. The zero-order chi connectivity index (χ0) is 14.5. The lowest BCUT2D eigenvalue weighted by Crippen LogP contribution is -2.10. The van der Waals surface area contributed by atoms with Crippen molar-refractivity contribution in [1.29, 1.82) is 5.41 Å². The van der Waals surface area contributed by atoms with Gasteiger partial charge < -0.3 is 16.6 Å². The summed E-state index contributed by atoms with van der Waals surface area (Å²) in [6.07, 6.45) is 4.40. The van der Waals surface area contributed by atoms with Crippen LogP contribution in [-0.2, 0) is 6.42 Å². The summed E-state index contributed by atoms with van der Waals surface area (Å²) in [5.74, 6) is 0.138. The van der Waals surface area contributed by atoms with Gasteiger partial charge in [0, 0.05) is 16.8 Å². The molecule has 2 aromatic rings. The van der Waals surface area contributed by atoms with Gasteiger partial charge in [0.05, 0.1) is 0 Å². The van der Waals surface area contributed by atoms with Gasteiger partial charge in [0.2, 0.25) is 0 Å². The minimum absolute atomic E-state index is 0.0213. The first kappa shape index (κ1) is 13.7. The summed E-state index contributed by atoms with van der Waals surface area (Å²) in [6.45, 7) is 0. The van der Waals surface area contributed by atoms with Gasteiger partial charge in [-0.25, -0.2) is 0 Å². The summed E-state index contributed by atoms with van der Waals surface area (Å²) in [5, 5.41) is 17.2. The highest BCUT2D eigenvalue weighted by atomic mass is 16.3. The van der Waals surface area contributed by atoms with Gasteiger partial charge in [-0.05, 0) is 36.2 Å². The Hall–Kier alpha value is -2.75. The van der Waals surface area contributed by atoms with Crippen LogP contribution in [0.5, 0.6) is 5.75 Å². The van der Waals surface area contributed by atoms with Crippen LogP contribution in [0.3, 0.4) is 0 Å². The zero-order valence-corrected chi connectivity index (χ0v) is 11.0. The van der Waals surface area contributed by atoms with Gasteiger partial charge >= 0.3 is 0 Å². The third-order valence-electron chi connectivity index (χ3n) is 3.03. The molecule has 0 bridgehead atoms. The molecule has 0 saturated heterocycles. The first-order valence-corrected chi connectivity index (χ1v) is 6.25. The van der Waals surface area contributed by atoms with Gasteiger partial charge in [0.15, 0.2) is 0 Å². The van der Waals surface area contributed by atoms with Crippen LogP contribution in [0.1, 0.15) is 16.7 Å². The number of hydrogen-bond acceptors (Lipinski definition) is 3. The monoisotopic (exact) mass is 267 g/mol. The highest BCUT2D eigenvalue weighted by Crippen LogP contribution is 2.20. The van der Waals surface area contributed by atoms with Crippen LogP contribution in [0, 0.1) is 5.41 Å². The Morgan fingerprint density at radius 2 is 1.95 bits per heavy atom. The highest BCUT2D eigenvalue weighted by molar-refractivity contribution is 5.95. The van der Waals surface area contributed by atoms with Crippen molar-refractivity contribution >= 4 is 17.6 Å². The summed E-state index contributed by atoms with van der Waals surface area (Å²) >= 11 is 0. The number of benzene rings is 2. The lowest BCUT2D eigenvalue weighted by Gasteiger charge is -2.04. The molecule has 0 aromatic heterocycles. The maximum absolute atomic E-state index is 9.78. The van der Waals surface area contributed by atoms with Gasteiger partial charge in [-0.15, -0.1) is 0 Å². The Morgan fingerprint density at radius 1 is 1.20 bits per heavy atom. The molecule has 0 spiro atoms.